The van der Waals surface area contributed by atoms with E-state index in [1.165, 1.54) is 5.56 Å². The molecule has 27 heavy (non-hydrogen) atoms. The van der Waals surface area contributed by atoms with Gasteiger partial charge in [-0.05, 0) is 48.4 Å². The first kappa shape index (κ1) is 18.4. The molecule has 0 bridgehead atoms. The summed E-state index contributed by atoms with van der Waals surface area (Å²) in [5.74, 6) is 1.91. The van der Waals surface area contributed by atoms with Crippen molar-refractivity contribution >= 4 is 5.91 Å². The topological polar surface area (TPSA) is 86.5 Å². The molecule has 140 valence electrons. The number of hydrogen-bond acceptors (Lipinski definition) is 6. The van der Waals surface area contributed by atoms with Crippen molar-refractivity contribution in [3.8, 4) is 22.9 Å². The molecule has 0 unspecified atom stereocenters. The Hall–Kier alpha value is -3.35. The van der Waals surface area contributed by atoms with Crippen molar-refractivity contribution in [2.45, 2.75) is 19.9 Å². The van der Waals surface area contributed by atoms with Crippen molar-refractivity contribution in [3.63, 3.8) is 0 Å². The lowest BCUT2D eigenvalue weighted by molar-refractivity contribution is -0.123. The molecule has 1 aromatic heterocycles. The Kier molecular flexibility index (Phi) is 6.04. The van der Waals surface area contributed by atoms with Gasteiger partial charge in [0.15, 0.2) is 6.61 Å². The van der Waals surface area contributed by atoms with E-state index in [0.717, 1.165) is 17.7 Å². The van der Waals surface area contributed by atoms with Crippen LogP contribution in [0.1, 0.15) is 18.4 Å². The van der Waals surface area contributed by atoms with Gasteiger partial charge >= 0.3 is 0 Å². The maximum absolute atomic E-state index is 11.9. The predicted octanol–water partition coefficient (Wildman–Crippen LogP) is 3.00. The molecule has 7 heteroatoms. The molecule has 3 rings (SSSR count). The number of carbonyl (C=O) groups excluding carboxylic acids is 1. The van der Waals surface area contributed by atoms with Gasteiger partial charge in [-0.2, -0.15) is 4.98 Å². The number of rotatable bonds is 8. The van der Waals surface area contributed by atoms with Crippen molar-refractivity contribution in [1.82, 2.24) is 15.5 Å². The van der Waals surface area contributed by atoms with Crippen molar-refractivity contribution in [2.24, 2.45) is 0 Å². The third-order valence-corrected chi connectivity index (χ3v) is 3.95. The van der Waals surface area contributed by atoms with Gasteiger partial charge in [-0.15, -0.1) is 0 Å². The van der Waals surface area contributed by atoms with Crippen LogP contribution in [0.25, 0.3) is 11.4 Å². The highest BCUT2D eigenvalue weighted by Crippen LogP contribution is 2.19. The normalized spacial score (nSPS) is 10.4. The molecule has 0 radical (unpaired) electrons. The van der Waals surface area contributed by atoms with E-state index in [2.05, 4.69) is 22.4 Å². The van der Waals surface area contributed by atoms with Gasteiger partial charge in [0.2, 0.25) is 11.7 Å². The number of amides is 1. The van der Waals surface area contributed by atoms with Gasteiger partial charge in [0.25, 0.3) is 5.91 Å². The standard InChI is InChI=1S/C20H21N3O4/c1-3-14-4-8-17(9-5-14)26-13-18(24)21-12-19-22-20(23-27-19)15-6-10-16(25-2)11-7-15/h4-11H,3,12-13H2,1-2H3,(H,21,24). The summed E-state index contributed by atoms with van der Waals surface area (Å²) in [5.41, 5.74) is 2.02. The number of hydrogen-bond donors (Lipinski definition) is 1. The fourth-order valence-corrected chi connectivity index (χ4v) is 2.38. The van der Waals surface area contributed by atoms with E-state index >= 15 is 0 Å². The number of nitrogens with one attached hydrogen (secondary N) is 1. The van der Waals surface area contributed by atoms with Gasteiger partial charge in [-0.3, -0.25) is 4.79 Å². The Balaban J connectivity index is 1.47. The van der Waals surface area contributed by atoms with Crippen molar-refractivity contribution < 1.29 is 18.8 Å². The Bertz CT molecular complexity index is 873. The Labute approximate surface area is 157 Å². The predicted molar refractivity (Wildman–Crippen MR) is 99.4 cm³/mol. The van der Waals surface area contributed by atoms with Crippen molar-refractivity contribution in [3.05, 3.63) is 60.0 Å². The number of benzene rings is 2. The summed E-state index contributed by atoms with van der Waals surface area (Å²) in [6.45, 7) is 2.14. The number of ether oxygens (including phenoxy) is 2. The molecule has 7 nitrogen and oxygen atoms in total. The van der Waals surface area contributed by atoms with Crippen LogP contribution in [-0.4, -0.2) is 29.8 Å². The number of methoxy groups -OCH3 is 1. The minimum atomic E-state index is -0.265. The molecule has 2 aromatic carbocycles. The summed E-state index contributed by atoms with van der Waals surface area (Å²) >= 11 is 0. The molecule has 0 atom stereocenters. The van der Waals surface area contributed by atoms with Gasteiger partial charge in [0.1, 0.15) is 11.5 Å². The second kappa shape index (κ2) is 8.84. The lowest BCUT2D eigenvalue weighted by atomic mass is 10.2. The first-order valence-corrected chi connectivity index (χ1v) is 8.63. The number of aromatic nitrogens is 2. The minimum absolute atomic E-state index is 0.0784. The zero-order valence-corrected chi connectivity index (χ0v) is 15.3. The van der Waals surface area contributed by atoms with Gasteiger partial charge in [0.05, 0.1) is 13.7 Å². The molecule has 3 aromatic rings. The van der Waals surface area contributed by atoms with E-state index in [9.17, 15) is 4.79 Å². The molecule has 1 N–H and O–H groups in total. The maximum Gasteiger partial charge on any atom is 0.258 e. The Morgan fingerprint density at radius 1 is 1.07 bits per heavy atom. The Morgan fingerprint density at radius 3 is 2.44 bits per heavy atom. The Morgan fingerprint density at radius 2 is 1.78 bits per heavy atom. The summed E-state index contributed by atoms with van der Waals surface area (Å²) in [4.78, 5) is 16.2. The third-order valence-electron chi connectivity index (χ3n) is 3.95. The molecule has 0 fully saturated rings. The van der Waals surface area contributed by atoms with E-state index in [1.54, 1.807) is 7.11 Å². The molecular formula is C20H21N3O4. The summed E-state index contributed by atoms with van der Waals surface area (Å²) in [5, 5.41) is 6.61. The lowest BCUT2D eigenvalue weighted by Crippen LogP contribution is -2.28. The molecule has 0 aliphatic rings. The first-order chi connectivity index (χ1) is 13.2. The monoisotopic (exact) mass is 367 g/mol. The zero-order chi connectivity index (χ0) is 19.1. The zero-order valence-electron chi connectivity index (χ0n) is 15.3. The van der Waals surface area contributed by atoms with E-state index < -0.39 is 0 Å². The number of carbonyl (C=O) groups is 1. The second-order valence-electron chi connectivity index (χ2n) is 5.80. The summed E-state index contributed by atoms with van der Waals surface area (Å²) in [6.07, 6.45) is 0.962. The lowest BCUT2D eigenvalue weighted by Gasteiger charge is -2.06. The van der Waals surface area contributed by atoms with Gasteiger partial charge in [-0.1, -0.05) is 24.2 Å². The fraction of sp³-hybridized carbons (Fsp3) is 0.250. The van der Waals surface area contributed by atoms with Crippen molar-refractivity contribution in [1.29, 1.82) is 0 Å². The minimum Gasteiger partial charge on any atom is -0.497 e. The van der Waals surface area contributed by atoms with E-state index in [1.807, 2.05) is 48.5 Å². The van der Waals surface area contributed by atoms with E-state index in [4.69, 9.17) is 14.0 Å². The highest BCUT2D eigenvalue weighted by atomic mass is 16.5. The average Bonchev–Trinajstić information content (AvgIpc) is 3.20. The molecule has 0 saturated heterocycles. The highest BCUT2D eigenvalue weighted by Gasteiger charge is 2.10. The molecule has 0 aliphatic heterocycles. The van der Waals surface area contributed by atoms with E-state index in [0.29, 0.717) is 17.5 Å². The molecule has 1 amide bonds. The SMILES string of the molecule is CCc1ccc(OCC(=O)NCc2nc(-c3ccc(OC)cc3)no2)cc1. The molecule has 0 spiro atoms. The first-order valence-electron chi connectivity index (χ1n) is 8.63. The fourth-order valence-electron chi connectivity index (χ4n) is 2.38. The number of nitrogens with zero attached hydrogens (tertiary/aromatic N) is 2. The van der Waals surface area contributed by atoms with E-state index in [-0.39, 0.29) is 19.1 Å². The van der Waals surface area contributed by atoms with Crippen LogP contribution in [-0.2, 0) is 17.8 Å². The van der Waals surface area contributed by atoms with Crippen LogP contribution in [0.3, 0.4) is 0 Å². The van der Waals surface area contributed by atoms with Gasteiger partial charge in [-0.25, -0.2) is 0 Å². The van der Waals surface area contributed by atoms with Crippen LogP contribution in [0.5, 0.6) is 11.5 Å². The van der Waals surface area contributed by atoms with Crippen LogP contribution in [0.15, 0.2) is 53.1 Å². The summed E-state index contributed by atoms with van der Waals surface area (Å²) in [7, 11) is 1.61. The van der Waals surface area contributed by atoms with Crippen LogP contribution in [0.4, 0.5) is 0 Å². The van der Waals surface area contributed by atoms with Crippen LogP contribution >= 0.6 is 0 Å². The molecule has 1 heterocycles. The van der Waals surface area contributed by atoms with Crippen LogP contribution in [0, 0.1) is 0 Å². The van der Waals surface area contributed by atoms with Crippen LogP contribution in [0.2, 0.25) is 0 Å². The molecule has 0 aliphatic carbocycles. The molecule has 0 saturated carbocycles. The third kappa shape index (κ3) is 5.07. The van der Waals surface area contributed by atoms with Crippen molar-refractivity contribution in [2.75, 3.05) is 13.7 Å². The second-order valence-corrected chi connectivity index (χ2v) is 5.80. The smallest absolute Gasteiger partial charge is 0.258 e. The van der Waals surface area contributed by atoms with Gasteiger partial charge in [0, 0.05) is 5.56 Å². The van der Waals surface area contributed by atoms with Gasteiger partial charge < -0.3 is 19.3 Å². The average molecular weight is 367 g/mol. The largest absolute Gasteiger partial charge is 0.497 e. The summed E-state index contributed by atoms with van der Waals surface area (Å²) < 4.78 is 15.7. The quantitative estimate of drug-likeness (QED) is 0.659. The molecular weight excluding hydrogens is 346 g/mol. The maximum atomic E-state index is 11.9. The number of aryl methyl sites for hydroxylation is 1. The highest BCUT2D eigenvalue weighted by molar-refractivity contribution is 5.77. The van der Waals surface area contributed by atoms with Crippen LogP contribution < -0.4 is 14.8 Å². The summed E-state index contributed by atoms with van der Waals surface area (Å²) in [6, 6.07) is 15.0.